The van der Waals surface area contributed by atoms with E-state index in [0.717, 1.165) is 4.90 Å². The van der Waals surface area contributed by atoms with E-state index < -0.39 is 10.8 Å². The van der Waals surface area contributed by atoms with E-state index in [1.807, 2.05) is 31.2 Å². The van der Waals surface area contributed by atoms with E-state index in [1.54, 1.807) is 0 Å². The van der Waals surface area contributed by atoms with Gasteiger partial charge in [0.2, 0.25) is 0 Å². The summed E-state index contributed by atoms with van der Waals surface area (Å²) in [5.74, 6) is 0. The molecule has 1 aromatic rings. The summed E-state index contributed by atoms with van der Waals surface area (Å²) in [6, 6.07) is 7.52. The third-order valence-electron chi connectivity index (χ3n) is 1.28. The molecule has 3 heteroatoms. The third-order valence-corrected chi connectivity index (χ3v) is 2.08. The third kappa shape index (κ3) is 3.24. The van der Waals surface area contributed by atoms with Gasteiger partial charge in [0.25, 0.3) is 0 Å². The first-order valence-corrected chi connectivity index (χ1v) is 4.30. The van der Waals surface area contributed by atoms with Crippen LogP contribution in [0.2, 0.25) is 0 Å². The van der Waals surface area contributed by atoms with E-state index in [1.165, 1.54) is 5.56 Å². The second-order valence-electron chi connectivity index (χ2n) is 2.16. The first-order chi connectivity index (χ1) is 4.70. The number of rotatable bonds is 1. The average Bonchev–Trinajstić information content (AvgIpc) is 1.88. The van der Waals surface area contributed by atoms with Gasteiger partial charge in [-0.15, -0.1) is 10.8 Å². The van der Waals surface area contributed by atoms with Crippen LogP contribution in [0, 0.1) is 13.2 Å². The van der Waals surface area contributed by atoms with Gasteiger partial charge >= 0.3 is 18.9 Å². The standard InChI is InChI=1S/C8H9OS.Li/c1-7-3-5-8(6-4-7)10(2)9;/h3-6H,2H2,1H3;/q-1;+1. The van der Waals surface area contributed by atoms with Crippen LogP contribution in [-0.4, -0.2) is 4.21 Å². The summed E-state index contributed by atoms with van der Waals surface area (Å²) in [5.41, 5.74) is 1.18. The Labute approximate surface area is 81.8 Å². The van der Waals surface area contributed by atoms with Gasteiger partial charge in [-0.25, -0.2) is 6.26 Å². The quantitative estimate of drug-likeness (QED) is 0.376. The molecule has 0 fully saturated rings. The van der Waals surface area contributed by atoms with Gasteiger partial charge in [-0.1, -0.05) is 17.7 Å². The molecule has 0 spiro atoms. The Bertz CT molecular complexity index is 243. The number of hydrogen-bond acceptors (Lipinski definition) is 1. The molecule has 1 aromatic carbocycles. The Balaban J connectivity index is 0.000001000. The summed E-state index contributed by atoms with van der Waals surface area (Å²) in [6.45, 7) is 2.00. The molecule has 0 bridgehead atoms. The minimum absolute atomic E-state index is 0. The summed E-state index contributed by atoms with van der Waals surface area (Å²) in [5, 5.41) is 0. The maximum absolute atomic E-state index is 10.8. The number of benzene rings is 1. The Hall–Kier alpha value is -0.0326. The van der Waals surface area contributed by atoms with E-state index in [-0.39, 0.29) is 18.9 Å². The molecule has 1 unspecified atom stereocenters. The van der Waals surface area contributed by atoms with E-state index in [9.17, 15) is 4.21 Å². The molecule has 1 nitrogen and oxygen atoms in total. The van der Waals surface area contributed by atoms with Gasteiger partial charge in [0, 0.05) is 4.90 Å². The first kappa shape index (κ1) is 11.0. The van der Waals surface area contributed by atoms with Crippen molar-refractivity contribution in [2.45, 2.75) is 11.8 Å². The van der Waals surface area contributed by atoms with Crippen LogP contribution >= 0.6 is 0 Å². The summed E-state index contributed by atoms with van der Waals surface area (Å²) < 4.78 is 10.8. The molecule has 0 heterocycles. The monoisotopic (exact) mass is 160 g/mol. The number of hydrogen-bond donors (Lipinski definition) is 0. The molecule has 0 aromatic heterocycles. The minimum Gasteiger partial charge on any atom is -0.290 e. The van der Waals surface area contributed by atoms with Crippen LogP contribution in [0.5, 0.6) is 0 Å². The van der Waals surface area contributed by atoms with Crippen LogP contribution < -0.4 is 18.9 Å². The maximum Gasteiger partial charge on any atom is 1.00 e. The predicted molar refractivity (Wildman–Crippen MR) is 42.9 cm³/mol. The van der Waals surface area contributed by atoms with Gasteiger partial charge in [-0.3, -0.25) is 4.21 Å². The molecule has 0 amide bonds. The van der Waals surface area contributed by atoms with Crippen molar-refractivity contribution in [2.75, 3.05) is 0 Å². The SMILES string of the molecule is [CH2-]S(=O)c1ccc(C)cc1.[Li+]. The van der Waals surface area contributed by atoms with Gasteiger partial charge in [0.1, 0.15) is 0 Å². The van der Waals surface area contributed by atoms with Gasteiger partial charge in [-0.2, -0.15) is 0 Å². The molecular weight excluding hydrogens is 151 g/mol. The normalized spacial score (nSPS) is 11.8. The van der Waals surface area contributed by atoms with E-state index >= 15 is 0 Å². The fraction of sp³-hybridized carbons (Fsp3) is 0.125. The summed E-state index contributed by atoms with van der Waals surface area (Å²) in [7, 11) is -1.09. The maximum atomic E-state index is 10.8. The van der Waals surface area contributed by atoms with Crippen molar-refractivity contribution >= 4 is 10.8 Å². The smallest absolute Gasteiger partial charge is 0.290 e. The Morgan fingerprint density at radius 1 is 1.27 bits per heavy atom. The molecule has 0 saturated carbocycles. The average molecular weight is 160 g/mol. The van der Waals surface area contributed by atoms with E-state index in [2.05, 4.69) is 6.26 Å². The first-order valence-electron chi connectivity index (χ1n) is 2.98. The Morgan fingerprint density at radius 2 is 1.73 bits per heavy atom. The van der Waals surface area contributed by atoms with Crippen molar-refractivity contribution in [3.05, 3.63) is 36.1 Å². The van der Waals surface area contributed by atoms with Crippen molar-refractivity contribution in [2.24, 2.45) is 0 Å². The van der Waals surface area contributed by atoms with Crippen LogP contribution in [0.1, 0.15) is 5.56 Å². The van der Waals surface area contributed by atoms with Gasteiger partial charge < -0.3 is 0 Å². The van der Waals surface area contributed by atoms with Crippen LogP contribution in [0.3, 0.4) is 0 Å². The fourth-order valence-electron chi connectivity index (χ4n) is 0.690. The van der Waals surface area contributed by atoms with Gasteiger partial charge in [0.05, 0.1) is 0 Å². The van der Waals surface area contributed by atoms with Crippen molar-refractivity contribution in [3.8, 4) is 0 Å². The van der Waals surface area contributed by atoms with E-state index in [4.69, 9.17) is 0 Å². The number of aryl methyl sites for hydroxylation is 1. The molecule has 0 aliphatic rings. The molecular formula is C8H9LiOS. The van der Waals surface area contributed by atoms with Crippen molar-refractivity contribution < 1.29 is 23.1 Å². The largest absolute Gasteiger partial charge is 1.00 e. The van der Waals surface area contributed by atoms with Gasteiger partial charge in [0.15, 0.2) is 0 Å². The van der Waals surface area contributed by atoms with Crippen LogP contribution in [0.25, 0.3) is 0 Å². The molecule has 11 heavy (non-hydrogen) atoms. The molecule has 54 valence electrons. The molecule has 0 aliphatic heterocycles. The van der Waals surface area contributed by atoms with Crippen LogP contribution in [0.4, 0.5) is 0 Å². The molecule has 1 rings (SSSR count). The van der Waals surface area contributed by atoms with Crippen molar-refractivity contribution in [3.63, 3.8) is 0 Å². The summed E-state index contributed by atoms with van der Waals surface area (Å²) in [4.78, 5) is 0.783. The zero-order chi connectivity index (χ0) is 7.56. The second kappa shape index (κ2) is 4.77. The molecule has 0 radical (unpaired) electrons. The zero-order valence-electron chi connectivity index (χ0n) is 6.83. The topological polar surface area (TPSA) is 17.1 Å². The van der Waals surface area contributed by atoms with Crippen LogP contribution in [0.15, 0.2) is 29.2 Å². The summed E-state index contributed by atoms with van der Waals surface area (Å²) >= 11 is 0. The predicted octanol–water partition coefficient (Wildman–Crippen LogP) is -1.10. The second-order valence-corrected chi connectivity index (χ2v) is 3.32. The fourth-order valence-corrected chi connectivity index (χ4v) is 1.13. The van der Waals surface area contributed by atoms with Crippen molar-refractivity contribution in [1.29, 1.82) is 0 Å². The summed E-state index contributed by atoms with van der Waals surface area (Å²) in [6.07, 6.45) is 3.41. The van der Waals surface area contributed by atoms with Gasteiger partial charge in [-0.05, 0) is 19.1 Å². The molecule has 0 aliphatic carbocycles. The molecule has 1 atom stereocenters. The van der Waals surface area contributed by atoms with Crippen molar-refractivity contribution in [1.82, 2.24) is 0 Å². The zero-order valence-corrected chi connectivity index (χ0v) is 7.65. The Kier molecular flexibility index (Phi) is 4.75. The Morgan fingerprint density at radius 3 is 2.09 bits per heavy atom. The minimum atomic E-state index is -1.09. The van der Waals surface area contributed by atoms with E-state index in [0.29, 0.717) is 0 Å². The molecule has 0 saturated heterocycles. The molecule has 0 N–H and O–H groups in total. The van der Waals surface area contributed by atoms with Crippen LogP contribution in [-0.2, 0) is 10.8 Å².